The number of alkyl halides is 6. The van der Waals surface area contributed by atoms with Crippen molar-refractivity contribution in [3.05, 3.63) is 113 Å². The molecule has 0 bridgehead atoms. The highest BCUT2D eigenvalue weighted by atomic mass is 19.4. The summed E-state index contributed by atoms with van der Waals surface area (Å²) in [6.07, 6.45) is -6.57. The number of fused-ring (bicyclic) bond motifs is 1. The number of hydrogen-bond acceptors (Lipinski definition) is 3. The molecule has 202 valence electrons. The molecule has 0 radical (unpaired) electrons. The van der Waals surface area contributed by atoms with E-state index in [-0.39, 0.29) is 23.1 Å². The van der Waals surface area contributed by atoms with Crippen molar-refractivity contribution in [3.8, 4) is 0 Å². The average Bonchev–Trinajstić information content (AvgIpc) is 2.87. The van der Waals surface area contributed by atoms with Crippen LogP contribution in [0.2, 0.25) is 0 Å². The minimum absolute atomic E-state index is 0.00672. The van der Waals surface area contributed by atoms with Crippen molar-refractivity contribution in [2.45, 2.75) is 24.9 Å². The highest BCUT2D eigenvalue weighted by Gasteiger charge is 2.31. The molecule has 3 aromatic rings. The van der Waals surface area contributed by atoms with Crippen molar-refractivity contribution in [3.63, 3.8) is 0 Å². The van der Waals surface area contributed by atoms with Crippen molar-refractivity contribution in [2.75, 3.05) is 10.6 Å². The van der Waals surface area contributed by atoms with Crippen LogP contribution in [0, 0.1) is 0 Å². The molecular weight excluding hydrogens is 526 g/mol. The van der Waals surface area contributed by atoms with Gasteiger partial charge in [0.05, 0.1) is 11.1 Å². The van der Waals surface area contributed by atoms with Crippen LogP contribution in [0.5, 0.6) is 0 Å². The van der Waals surface area contributed by atoms with Crippen LogP contribution in [-0.2, 0) is 28.4 Å². The monoisotopic (exact) mass is 546 g/mol. The fourth-order valence-electron chi connectivity index (χ4n) is 3.99. The normalized spacial score (nSPS) is 15.5. The molecule has 0 saturated heterocycles. The summed E-state index contributed by atoms with van der Waals surface area (Å²) in [5, 5.41) is 15.0. The van der Waals surface area contributed by atoms with Gasteiger partial charge in [0.15, 0.2) is 0 Å². The molecule has 2 amide bonds. The summed E-state index contributed by atoms with van der Waals surface area (Å²) < 4.78 is 78.0. The van der Waals surface area contributed by atoms with Crippen LogP contribution in [0.4, 0.5) is 37.7 Å². The van der Waals surface area contributed by atoms with Crippen LogP contribution in [-0.4, -0.2) is 23.0 Å². The Morgan fingerprint density at radius 3 is 1.92 bits per heavy atom. The summed E-state index contributed by atoms with van der Waals surface area (Å²) in [6, 6.07) is 13.0. The Morgan fingerprint density at radius 1 is 0.872 bits per heavy atom. The maximum atomic E-state index is 13.0. The minimum atomic E-state index is -4.57. The maximum Gasteiger partial charge on any atom is 0.416 e. The van der Waals surface area contributed by atoms with Crippen molar-refractivity contribution >= 4 is 28.8 Å². The molecule has 4 rings (SSSR count). The number of aliphatic hydroxyl groups is 1. The van der Waals surface area contributed by atoms with Crippen LogP contribution < -0.4 is 10.6 Å². The Bertz CT molecular complexity index is 1380. The van der Waals surface area contributed by atoms with Gasteiger partial charge in [-0.3, -0.25) is 9.59 Å². The van der Waals surface area contributed by atoms with Crippen molar-refractivity contribution in [1.29, 1.82) is 0 Å². The predicted octanol–water partition coefficient (Wildman–Crippen LogP) is 6.21. The molecule has 1 aliphatic heterocycles. The minimum Gasteiger partial charge on any atom is -0.383 e. The molecule has 0 saturated carbocycles. The predicted molar refractivity (Wildman–Crippen MR) is 133 cm³/mol. The van der Waals surface area contributed by atoms with Gasteiger partial charge in [0, 0.05) is 29.4 Å². The fourth-order valence-corrected chi connectivity index (χ4v) is 3.99. The molecule has 11 heteroatoms. The molecule has 0 spiro atoms. The van der Waals surface area contributed by atoms with E-state index in [0.29, 0.717) is 16.9 Å². The third-order valence-electron chi connectivity index (χ3n) is 5.95. The first-order chi connectivity index (χ1) is 18.3. The lowest BCUT2D eigenvalue weighted by atomic mass is 9.95. The summed E-state index contributed by atoms with van der Waals surface area (Å²) >= 11 is 0. The zero-order valence-corrected chi connectivity index (χ0v) is 19.9. The van der Waals surface area contributed by atoms with E-state index in [9.17, 15) is 41.0 Å². The van der Waals surface area contributed by atoms with Gasteiger partial charge in [-0.05, 0) is 53.1 Å². The van der Waals surface area contributed by atoms with Crippen molar-refractivity contribution in [2.24, 2.45) is 0 Å². The number of aliphatic hydroxyl groups excluding tert-OH is 1. The van der Waals surface area contributed by atoms with E-state index in [1.165, 1.54) is 36.4 Å². The summed E-state index contributed by atoms with van der Waals surface area (Å²) in [5.74, 6) is -1.15. The molecule has 39 heavy (non-hydrogen) atoms. The van der Waals surface area contributed by atoms with E-state index < -0.39 is 41.4 Å². The highest BCUT2D eigenvalue weighted by Crippen LogP contribution is 2.34. The Balaban J connectivity index is 1.61. The highest BCUT2D eigenvalue weighted by molar-refractivity contribution is 6.03. The van der Waals surface area contributed by atoms with E-state index in [1.54, 1.807) is 18.2 Å². The zero-order chi connectivity index (χ0) is 28.4. The number of hydrogen-bond donors (Lipinski definition) is 3. The van der Waals surface area contributed by atoms with Gasteiger partial charge in [0.1, 0.15) is 6.10 Å². The first-order valence-corrected chi connectivity index (χ1v) is 11.5. The number of halogens is 6. The van der Waals surface area contributed by atoms with Crippen LogP contribution >= 0.6 is 0 Å². The lowest BCUT2D eigenvalue weighted by Crippen LogP contribution is -2.34. The van der Waals surface area contributed by atoms with E-state index in [4.69, 9.17) is 0 Å². The summed E-state index contributed by atoms with van der Waals surface area (Å²) in [5.41, 5.74) is 0.404. The van der Waals surface area contributed by atoms with E-state index in [0.717, 1.165) is 30.3 Å². The van der Waals surface area contributed by atoms with Crippen molar-refractivity contribution in [1.82, 2.24) is 0 Å². The van der Waals surface area contributed by atoms with Gasteiger partial charge in [-0.25, -0.2) is 0 Å². The second kappa shape index (κ2) is 10.8. The number of carbonyl (C=O) groups excluding carboxylic acids is 2. The second-order valence-electron chi connectivity index (χ2n) is 8.62. The summed E-state index contributed by atoms with van der Waals surface area (Å²) in [4.78, 5) is 24.3. The molecular formula is C28H20F6N2O3. The van der Waals surface area contributed by atoms with Gasteiger partial charge in [-0.1, -0.05) is 42.5 Å². The van der Waals surface area contributed by atoms with Crippen LogP contribution in [0.3, 0.4) is 0 Å². The van der Waals surface area contributed by atoms with Gasteiger partial charge in [-0.15, -0.1) is 0 Å². The van der Waals surface area contributed by atoms with E-state index in [2.05, 4.69) is 10.6 Å². The van der Waals surface area contributed by atoms with Crippen molar-refractivity contribution < 1.29 is 41.0 Å². The summed E-state index contributed by atoms with van der Waals surface area (Å²) in [6.45, 7) is 0. The third-order valence-corrected chi connectivity index (χ3v) is 5.95. The SMILES string of the molecule is O=C(C=CC=C(c1ccc(C(F)(F)F)cc1)c1ccc(C(F)(F)F)cc1)Nc1cccc2c1CC(O)C(=O)N2. The van der Waals surface area contributed by atoms with Crippen LogP contribution in [0.15, 0.2) is 85.0 Å². The summed E-state index contributed by atoms with van der Waals surface area (Å²) in [7, 11) is 0. The molecule has 3 N–H and O–H groups in total. The lowest BCUT2D eigenvalue weighted by Gasteiger charge is -2.23. The first kappa shape index (κ1) is 27.6. The largest absolute Gasteiger partial charge is 0.416 e. The molecule has 0 aromatic heterocycles. The maximum absolute atomic E-state index is 13.0. The van der Waals surface area contributed by atoms with E-state index >= 15 is 0 Å². The Labute approximate surface area is 218 Å². The number of benzene rings is 3. The standard InChI is InChI=1S/C28H20F6N2O3/c29-27(30,31)18-11-7-16(8-12-18)20(17-9-13-19(14-10-17)28(32,33)34)3-1-6-25(38)35-22-4-2-5-23-21(22)15-24(37)26(39)36-23/h1-14,24,37H,15H2,(H,35,38)(H,36,39). The Kier molecular flexibility index (Phi) is 7.64. The lowest BCUT2D eigenvalue weighted by molar-refractivity contribution is -0.138. The Hall–Kier alpha value is -4.38. The molecule has 3 aromatic carbocycles. The first-order valence-electron chi connectivity index (χ1n) is 11.5. The Morgan fingerprint density at radius 2 is 1.41 bits per heavy atom. The van der Waals surface area contributed by atoms with Gasteiger partial charge >= 0.3 is 12.4 Å². The topological polar surface area (TPSA) is 78.4 Å². The van der Waals surface area contributed by atoms with Gasteiger partial charge in [0.25, 0.3) is 5.91 Å². The quantitative estimate of drug-likeness (QED) is 0.202. The molecule has 1 unspecified atom stereocenters. The third kappa shape index (κ3) is 6.55. The van der Waals surface area contributed by atoms with E-state index in [1.807, 2.05) is 0 Å². The van der Waals surface area contributed by atoms with Gasteiger partial charge in [-0.2, -0.15) is 26.3 Å². The number of carbonyl (C=O) groups is 2. The number of anilines is 2. The van der Waals surface area contributed by atoms with Crippen LogP contribution in [0.25, 0.3) is 5.57 Å². The van der Waals surface area contributed by atoms with Crippen LogP contribution in [0.1, 0.15) is 27.8 Å². The number of allylic oxidation sites excluding steroid dienone is 2. The molecule has 1 atom stereocenters. The number of amides is 2. The fraction of sp³-hybridized carbons (Fsp3) is 0.143. The average molecular weight is 546 g/mol. The second-order valence-corrected chi connectivity index (χ2v) is 8.62. The molecule has 1 heterocycles. The molecule has 0 fully saturated rings. The molecule has 5 nitrogen and oxygen atoms in total. The van der Waals surface area contributed by atoms with Gasteiger partial charge < -0.3 is 15.7 Å². The van der Waals surface area contributed by atoms with Gasteiger partial charge in [0.2, 0.25) is 5.91 Å². The molecule has 1 aliphatic rings. The number of nitrogens with one attached hydrogen (secondary N) is 2. The molecule has 0 aliphatic carbocycles. The smallest absolute Gasteiger partial charge is 0.383 e. The zero-order valence-electron chi connectivity index (χ0n) is 19.9. The number of rotatable bonds is 5.